The molecule has 0 saturated carbocycles. The highest BCUT2D eigenvalue weighted by molar-refractivity contribution is 5.91. The Morgan fingerprint density at radius 1 is 1.21 bits per heavy atom. The van der Waals surface area contributed by atoms with Crippen molar-refractivity contribution in [2.24, 2.45) is 5.92 Å². The third-order valence-corrected chi connectivity index (χ3v) is 5.91. The number of hydrogen-bond acceptors (Lipinski definition) is 5. The van der Waals surface area contributed by atoms with Gasteiger partial charge in [0.05, 0.1) is 12.2 Å². The normalized spacial score (nSPS) is 21.1. The van der Waals surface area contributed by atoms with E-state index in [1.54, 1.807) is 0 Å². The number of nitrogens with one attached hydrogen (secondary N) is 1. The summed E-state index contributed by atoms with van der Waals surface area (Å²) in [7, 11) is 1.88. The zero-order chi connectivity index (χ0) is 19.3. The maximum absolute atomic E-state index is 12.8. The van der Waals surface area contributed by atoms with Gasteiger partial charge in [-0.05, 0) is 50.4 Å². The maximum Gasteiger partial charge on any atom is 0.275 e. The first-order chi connectivity index (χ1) is 13.7. The highest BCUT2D eigenvalue weighted by atomic mass is 16.2. The summed E-state index contributed by atoms with van der Waals surface area (Å²) < 4.78 is 1.87. The van der Waals surface area contributed by atoms with Gasteiger partial charge in [0.2, 0.25) is 0 Å². The molecule has 0 radical (unpaired) electrons. The van der Waals surface area contributed by atoms with Gasteiger partial charge in [0.1, 0.15) is 0 Å². The molecule has 3 heterocycles. The lowest BCUT2D eigenvalue weighted by Gasteiger charge is -2.22. The van der Waals surface area contributed by atoms with Crippen molar-refractivity contribution in [3.8, 4) is 0 Å². The third-order valence-electron chi connectivity index (χ3n) is 5.91. The minimum Gasteiger partial charge on any atom is -0.340 e. The van der Waals surface area contributed by atoms with E-state index in [0.717, 1.165) is 58.5 Å². The van der Waals surface area contributed by atoms with E-state index in [0.29, 0.717) is 17.7 Å². The Morgan fingerprint density at radius 2 is 2.00 bits per heavy atom. The average Bonchev–Trinajstić information content (AvgIpc) is 3.39. The molecule has 1 N–H and O–H groups in total. The number of nitrogens with zero attached hydrogens (tertiary/aromatic N) is 5. The summed E-state index contributed by atoms with van der Waals surface area (Å²) in [6.07, 6.45) is 5.02. The molecule has 2 aliphatic heterocycles. The predicted molar refractivity (Wildman–Crippen MR) is 108 cm³/mol. The van der Waals surface area contributed by atoms with Gasteiger partial charge in [-0.3, -0.25) is 9.69 Å². The molecule has 4 rings (SSSR count). The van der Waals surface area contributed by atoms with Gasteiger partial charge in [-0.25, -0.2) is 4.68 Å². The van der Waals surface area contributed by atoms with Crippen LogP contribution in [0.5, 0.6) is 0 Å². The fraction of sp³-hybridized carbons (Fsp3) is 0.571. The van der Waals surface area contributed by atoms with Crippen LogP contribution in [-0.4, -0.2) is 70.5 Å². The van der Waals surface area contributed by atoms with Gasteiger partial charge in [-0.15, -0.1) is 5.10 Å². The van der Waals surface area contributed by atoms with Crippen molar-refractivity contribution in [1.82, 2.24) is 30.1 Å². The molecule has 2 saturated heterocycles. The van der Waals surface area contributed by atoms with Crippen LogP contribution >= 0.6 is 0 Å². The summed E-state index contributed by atoms with van der Waals surface area (Å²) in [5.41, 5.74) is 1.81. The number of carbonyl (C=O) groups excluding carboxylic acids is 1. The molecule has 150 valence electrons. The number of hydrogen-bond donors (Lipinski definition) is 1. The molecule has 2 aliphatic rings. The first kappa shape index (κ1) is 19.1. The van der Waals surface area contributed by atoms with Crippen molar-refractivity contribution in [2.45, 2.75) is 31.8 Å². The van der Waals surface area contributed by atoms with Gasteiger partial charge in [0.25, 0.3) is 5.91 Å². The molecule has 1 aromatic heterocycles. The van der Waals surface area contributed by atoms with Crippen LogP contribution in [0.2, 0.25) is 0 Å². The number of likely N-dealkylation sites (tertiary alicyclic amines) is 1. The monoisotopic (exact) mass is 382 g/mol. The number of rotatable bonds is 6. The molecule has 1 amide bonds. The molecule has 28 heavy (non-hydrogen) atoms. The zero-order valence-electron chi connectivity index (χ0n) is 16.6. The molecule has 7 heteroatoms. The third kappa shape index (κ3) is 4.59. The van der Waals surface area contributed by atoms with Crippen LogP contribution < -0.4 is 5.32 Å². The topological polar surface area (TPSA) is 66.3 Å². The number of piperidine rings is 1. The molecule has 1 unspecified atom stereocenters. The molecular formula is C21H30N6O. The lowest BCUT2D eigenvalue weighted by atomic mass is 10.1. The summed E-state index contributed by atoms with van der Waals surface area (Å²) in [6, 6.07) is 10.9. The van der Waals surface area contributed by atoms with E-state index in [1.807, 2.05) is 22.8 Å². The second-order valence-electron chi connectivity index (χ2n) is 8.13. The molecular weight excluding hydrogens is 352 g/mol. The van der Waals surface area contributed by atoms with Crippen molar-refractivity contribution in [2.75, 3.05) is 39.8 Å². The summed E-state index contributed by atoms with van der Waals surface area (Å²) in [6.45, 7) is 5.87. The fourth-order valence-electron chi connectivity index (χ4n) is 4.34. The minimum atomic E-state index is -0.0262. The maximum atomic E-state index is 12.8. The molecule has 0 aliphatic carbocycles. The van der Waals surface area contributed by atoms with Crippen molar-refractivity contribution in [3.63, 3.8) is 0 Å². The SMILES string of the molecule is CN(CC1CCN(Cc2ccccc2)C1)C(=O)c1cn(C2CCNCC2)nn1. The van der Waals surface area contributed by atoms with E-state index in [-0.39, 0.29) is 5.91 Å². The van der Waals surface area contributed by atoms with E-state index < -0.39 is 0 Å². The van der Waals surface area contributed by atoms with Crippen LogP contribution in [0.25, 0.3) is 0 Å². The minimum absolute atomic E-state index is 0.0262. The number of carbonyl (C=O) groups is 1. The van der Waals surface area contributed by atoms with Crippen molar-refractivity contribution < 1.29 is 4.79 Å². The molecule has 0 spiro atoms. The summed E-state index contributed by atoms with van der Waals surface area (Å²) in [5.74, 6) is 0.485. The lowest BCUT2D eigenvalue weighted by molar-refractivity contribution is 0.0767. The Balaban J connectivity index is 1.28. The number of amides is 1. The van der Waals surface area contributed by atoms with Gasteiger partial charge in [0.15, 0.2) is 5.69 Å². The van der Waals surface area contributed by atoms with Crippen LogP contribution in [0.3, 0.4) is 0 Å². The van der Waals surface area contributed by atoms with E-state index in [2.05, 4.69) is 50.9 Å². The number of benzene rings is 1. The summed E-state index contributed by atoms with van der Waals surface area (Å²) in [5, 5.41) is 11.7. The van der Waals surface area contributed by atoms with Crippen LogP contribution in [-0.2, 0) is 6.54 Å². The Labute approximate surface area is 166 Å². The van der Waals surface area contributed by atoms with Gasteiger partial charge in [0, 0.05) is 26.7 Å². The predicted octanol–water partition coefficient (Wildman–Crippen LogP) is 1.80. The fourth-order valence-corrected chi connectivity index (χ4v) is 4.34. The van der Waals surface area contributed by atoms with Crippen LogP contribution in [0.15, 0.2) is 36.5 Å². The lowest BCUT2D eigenvalue weighted by Crippen LogP contribution is -2.33. The molecule has 0 bridgehead atoms. The van der Waals surface area contributed by atoms with Gasteiger partial charge in [-0.1, -0.05) is 35.5 Å². The highest BCUT2D eigenvalue weighted by Gasteiger charge is 2.26. The van der Waals surface area contributed by atoms with Crippen LogP contribution in [0.4, 0.5) is 0 Å². The molecule has 1 aromatic carbocycles. The van der Waals surface area contributed by atoms with E-state index >= 15 is 0 Å². The zero-order valence-corrected chi connectivity index (χ0v) is 16.6. The van der Waals surface area contributed by atoms with Crippen LogP contribution in [0, 0.1) is 5.92 Å². The van der Waals surface area contributed by atoms with Gasteiger partial charge < -0.3 is 10.2 Å². The first-order valence-corrected chi connectivity index (χ1v) is 10.3. The quantitative estimate of drug-likeness (QED) is 0.825. The molecule has 2 fully saturated rings. The van der Waals surface area contributed by atoms with E-state index in [9.17, 15) is 4.79 Å². The summed E-state index contributed by atoms with van der Waals surface area (Å²) in [4.78, 5) is 17.1. The molecule has 1 atom stereocenters. The Morgan fingerprint density at radius 3 is 2.79 bits per heavy atom. The largest absolute Gasteiger partial charge is 0.340 e. The second kappa shape index (κ2) is 8.84. The number of aromatic nitrogens is 3. The Hall–Kier alpha value is -2.25. The average molecular weight is 383 g/mol. The van der Waals surface area contributed by atoms with Gasteiger partial charge in [-0.2, -0.15) is 0 Å². The van der Waals surface area contributed by atoms with E-state index in [1.165, 1.54) is 5.56 Å². The van der Waals surface area contributed by atoms with E-state index in [4.69, 9.17) is 0 Å². The molecule has 2 aromatic rings. The van der Waals surface area contributed by atoms with Crippen molar-refractivity contribution in [1.29, 1.82) is 0 Å². The Bertz CT molecular complexity index is 770. The van der Waals surface area contributed by atoms with Crippen LogP contribution in [0.1, 0.15) is 41.4 Å². The molecule has 7 nitrogen and oxygen atoms in total. The summed E-state index contributed by atoms with van der Waals surface area (Å²) >= 11 is 0. The first-order valence-electron chi connectivity index (χ1n) is 10.3. The second-order valence-corrected chi connectivity index (χ2v) is 8.13. The van der Waals surface area contributed by atoms with Gasteiger partial charge >= 0.3 is 0 Å². The standard InChI is InChI=1S/C21H30N6O/c1-25(13-18-9-12-26(15-18)14-17-5-3-2-4-6-17)21(28)20-16-27(24-23-20)19-7-10-22-11-8-19/h2-6,16,18-19,22H,7-15H2,1H3. The van der Waals surface area contributed by atoms with Crippen molar-refractivity contribution >= 4 is 5.91 Å². The Kier molecular flexibility index (Phi) is 6.02. The van der Waals surface area contributed by atoms with Crippen molar-refractivity contribution in [3.05, 3.63) is 47.8 Å². The highest BCUT2D eigenvalue weighted by Crippen LogP contribution is 2.21. The smallest absolute Gasteiger partial charge is 0.275 e.